The van der Waals surface area contributed by atoms with Crippen LogP contribution in [0.2, 0.25) is 0 Å². The van der Waals surface area contributed by atoms with Gasteiger partial charge in [-0.2, -0.15) is 4.31 Å². The molecule has 0 atom stereocenters. The monoisotopic (exact) mass is 311 g/mol. The number of amides is 1. The Labute approximate surface area is 125 Å². The summed E-state index contributed by atoms with van der Waals surface area (Å²) in [6.45, 7) is 5.29. The van der Waals surface area contributed by atoms with E-state index in [0.717, 1.165) is 11.1 Å². The van der Waals surface area contributed by atoms with Crippen LogP contribution in [0.15, 0.2) is 23.1 Å². The molecule has 1 aromatic rings. The van der Waals surface area contributed by atoms with E-state index in [4.69, 9.17) is 5.73 Å². The number of nitrogens with two attached hydrogens (primary N) is 1. The number of carbonyl (C=O) groups excluding carboxylic acids is 1. The van der Waals surface area contributed by atoms with Crippen LogP contribution in [0, 0.1) is 6.92 Å². The standard InChI is InChI=1S/C14H21N3O3S/c1-11-9-14(4-3-13(11)10-15)21(19,20)17-7-5-16(6-8-17)12(2)18/h3-4,9H,5-8,10,15H2,1-2H3. The van der Waals surface area contributed by atoms with E-state index in [2.05, 4.69) is 0 Å². The maximum atomic E-state index is 12.6. The fraction of sp³-hybridized carbons (Fsp3) is 0.500. The smallest absolute Gasteiger partial charge is 0.243 e. The first-order chi connectivity index (χ1) is 9.86. The second-order valence-electron chi connectivity index (χ2n) is 5.20. The van der Waals surface area contributed by atoms with Crippen LogP contribution in [0.1, 0.15) is 18.1 Å². The van der Waals surface area contributed by atoms with Gasteiger partial charge in [0.1, 0.15) is 0 Å². The molecule has 1 fully saturated rings. The third-order valence-corrected chi connectivity index (χ3v) is 5.75. The third-order valence-electron chi connectivity index (χ3n) is 3.86. The van der Waals surface area contributed by atoms with Crippen LogP contribution in [0.4, 0.5) is 0 Å². The van der Waals surface area contributed by atoms with Gasteiger partial charge >= 0.3 is 0 Å². The van der Waals surface area contributed by atoms with Gasteiger partial charge in [-0.3, -0.25) is 4.79 Å². The van der Waals surface area contributed by atoms with Gasteiger partial charge in [0, 0.05) is 39.6 Å². The quantitative estimate of drug-likeness (QED) is 0.870. The predicted octanol–water partition coefficient (Wildman–Crippen LogP) is 0.307. The molecule has 0 unspecified atom stereocenters. The minimum Gasteiger partial charge on any atom is -0.340 e. The normalized spacial score (nSPS) is 17.0. The molecule has 0 spiro atoms. The number of rotatable bonds is 3. The lowest BCUT2D eigenvalue weighted by atomic mass is 10.1. The Hall–Kier alpha value is -1.44. The Bertz CT molecular complexity index is 635. The van der Waals surface area contributed by atoms with E-state index in [1.54, 1.807) is 23.1 Å². The second kappa shape index (κ2) is 6.13. The Balaban J connectivity index is 2.19. The van der Waals surface area contributed by atoms with Gasteiger partial charge in [-0.05, 0) is 30.2 Å². The molecule has 116 valence electrons. The highest BCUT2D eigenvalue weighted by atomic mass is 32.2. The van der Waals surface area contributed by atoms with Gasteiger partial charge in [-0.25, -0.2) is 8.42 Å². The lowest BCUT2D eigenvalue weighted by Crippen LogP contribution is -2.49. The van der Waals surface area contributed by atoms with Crippen LogP contribution in [0.25, 0.3) is 0 Å². The summed E-state index contributed by atoms with van der Waals surface area (Å²) in [5.41, 5.74) is 7.41. The molecular weight excluding hydrogens is 290 g/mol. The molecule has 1 saturated heterocycles. The van der Waals surface area contributed by atoms with Gasteiger partial charge in [0.05, 0.1) is 4.90 Å². The summed E-state index contributed by atoms with van der Waals surface area (Å²) < 4.78 is 26.6. The molecule has 7 heteroatoms. The van der Waals surface area contributed by atoms with Crippen molar-refractivity contribution in [2.45, 2.75) is 25.3 Å². The second-order valence-corrected chi connectivity index (χ2v) is 7.14. The molecule has 0 aliphatic carbocycles. The van der Waals surface area contributed by atoms with Crippen molar-refractivity contribution in [2.75, 3.05) is 26.2 Å². The Morgan fingerprint density at radius 2 is 1.86 bits per heavy atom. The first kappa shape index (κ1) is 15.9. The van der Waals surface area contributed by atoms with E-state index >= 15 is 0 Å². The Kier molecular flexibility index (Phi) is 4.65. The van der Waals surface area contributed by atoms with Crippen LogP contribution >= 0.6 is 0 Å². The van der Waals surface area contributed by atoms with Crippen LogP contribution < -0.4 is 5.73 Å². The van der Waals surface area contributed by atoms with Crippen LogP contribution in [0.5, 0.6) is 0 Å². The Morgan fingerprint density at radius 1 is 1.24 bits per heavy atom. The zero-order valence-electron chi connectivity index (χ0n) is 12.4. The van der Waals surface area contributed by atoms with E-state index < -0.39 is 10.0 Å². The van der Waals surface area contributed by atoms with Crippen LogP contribution in [-0.4, -0.2) is 49.7 Å². The molecule has 2 rings (SSSR count). The molecular formula is C14H21N3O3S. The van der Waals surface area contributed by atoms with Gasteiger partial charge < -0.3 is 10.6 Å². The summed E-state index contributed by atoms with van der Waals surface area (Å²) in [5, 5.41) is 0. The lowest BCUT2D eigenvalue weighted by molar-refractivity contribution is -0.129. The third kappa shape index (κ3) is 3.25. The molecule has 1 heterocycles. The predicted molar refractivity (Wildman–Crippen MR) is 80.1 cm³/mol. The fourth-order valence-corrected chi connectivity index (χ4v) is 3.96. The van der Waals surface area contributed by atoms with Crippen molar-refractivity contribution in [1.29, 1.82) is 0 Å². The number of hydrogen-bond donors (Lipinski definition) is 1. The first-order valence-electron chi connectivity index (χ1n) is 6.91. The van der Waals surface area contributed by atoms with Crippen molar-refractivity contribution in [3.05, 3.63) is 29.3 Å². The fourth-order valence-electron chi connectivity index (χ4n) is 2.45. The number of carbonyl (C=O) groups is 1. The van der Waals surface area contributed by atoms with Crippen molar-refractivity contribution in [3.8, 4) is 0 Å². The van der Waals surface area contributed by atoms with E-state index in [9.17, 15) is 13.2 Å². The molecule has 6 nitrogen and oxygen atoms in total. The van der Waals surface area contributed by atoms with Gasteiger partial charge in [-0.15, -0.1) is 0 Å². The average Bonchev–Trinajstić information content (AvgIpc) is 2.47. The Morgan fingerprint density at radius 3 is 2.33 bits per heavy atom. The molecule has 1 aromatic carbocycles. The lowest BCUT2D eigenvalue weighted by Gasteiger charge is -2.33. The minimum atomic E-state index is -3.50. The van der Waals surface area contributed by atoms with E-state index in [1.807, 2.05) is 6.92 Å². The molecule has 0 radical (unpaired) electrons. The number of sulfonamides is 1. The van der Waals surface area contributed by atoms with Crippen molar-refractivity contribution in [1.82, 2.24) is 9.21 Å². The van der Waals surface area contributed by atoms with Gasteiger partial charge in [0.2, 0.25) is 15.9 Å². The van der Waals surface area contributed by atoms with Crippen molar-refractivity contribution >= 4 is 15.9 Å². The van der Waals surface area contributed by atoms with Gasteiger partial charge in [-0.1, -0.05) is 6.07 Å². The molecule has 0 saturated carbocycles. The van der Waals surface area contributed by atoms with Crippen molar-refractivity contribution in [2.24, 2.45) is 5.73 Å². The van der Waals surface area contributed by atoms with Crippen molar-refractivity contribution in [3.63, 3.8) is 0 Å². The zero-order valence-corrected chi connectivity index (χ0v) is 13.2. The summed E-state index contributed by atoms with van der Waals surface area (Å²) in [7, 11) is -3.50. The average molecular weight is 311 g/mol. The molecule has 0 bridgehead atoms. The highest BCUT2D eigenvalue weighted by Crippen LogP contribution is 2.20. The first-order valence-corrected chi connectivity index (χ1v) is 8.35. The van der Waals surface area contributed by atoms with Crippen LogP contribution in [0.3, 0.4) is 0 Å². The molecule has 2 N–H and O–H groups in total. The largest absolute Gasteiger partial charge is 0.340 e. The minimum absolute atomic E-state index is 0.0183. The molecule has 21 heavy (non-hydrogen) atoms. The zero-order chi connectivity index (χ0) is 15.6. The van der Waals surface area contributed by atoms with Crippen LogP contribution in [-0.2, 0) is 21.4 Å². The summed E-state index contributed by atoms with van der Waals surface area (Å²) in [6, 6.07) is 5.02. The molecule has 1 aliphatic rings. The van der Waals surface area contributed by atoms with Crippen molar-refractivity contribution < 1.29 is 13.2 Å². The SMILES string of the molecule is CC(=O)N1CCN(S(=O)(=O)c2ccc(CN)c(C)c2)CC1. The summed E-state index contributed by atoms with van der Waals surface area (Å²) in [6.07, 6.45) is 0. The highest BCUT2D eigenvalue weighted by molar-refractivity contribution is 7.89. The number of hydrogen-bond acceptors (Lipinski definition) is 4. The van der Waals surface area contributed by atoms with Gasteiger partial charge in [0.15, 0.2) is 0 Å². The molecule has 0 aromatic heterocycles. The number of nitrogens with zero attached hydrogens (tertiary/aromatic N) is 2. The number of aryl methyl sites for hydroxylation is 1. The summed E-state index contributed by atoms with van der Waals surface area (Å²) in [4.78, 5) is 13.2. The van der Waals surface area contributed by atoms with E-state index in [0.29, 0.717) is 32.7 Å². The number of benzene rings is 1. The highest BCUT2D eigenvalue weighted by Gasteiger charge is 2.29. The molecule has 1 aliphatic heterocycles. The maximum absolute atomic E-state index is 12.6. The van der Waals surface area contributed by atoms with Gasteiger partial charge in [0.25, 0.3) is 0 Å². The summed E-state index contributed by atoms with van der Waals surface area (Å²) >= 11 is 0. The number of piperazine rings is 1. The van der Waals surface area contributed by atoms with E-state index in [1.165, 1.54) is 11.2 Å². The molecule has 1 amide bonds. The summed E-state index contributed by atoms with van der Waals surface area (Å²) in [5.74, 6) is -0.0183. The maximum Gasteiger partial charge on any atom is 0.243 e. The topological polar surface area (TPSA) is 83.7 Å². The van der Waals surface area contributed by atoms with E-state index in [-0.39, 0.29) is 10.8 Å².